The third-order valence-corrected chi connectivity index (χ3v) is 7.10. The summed E-state index contributed by atoms with van der Waals surface area (Å²) in [5.74, 6) is -1.59. The number of benzene rings is 1. The summed E-state index contributed by atoms with van der Waals surface area (Å²) in [6.07, 6.45) is 0. The van der Waals surface area contributed by atoms with Gasteiger partial charge >= 0.3 is 0 Å². The number of amides is 2. The van der Waals surface area contributed by atoms with Gasteiger partial charge in [0.25, 0.3) is 5.24 Å². The number of carbonyl (C=O) groups is 2. The van der Waals surface area contributed by atoms with Crippen molar-refractivity contribution in [1.82, 2.24) is 14.1 Å². The Morgan fingerprint density at radius 1 is 1.12 bits per heavy atom. The number of piperazine rings is 1. The first-order valence-electron chi connectivity index (χ1n) is 7.94. The zero-order valence-electron chi connectivity index (χ0n) is 13.7. The van der Waals surface area contributed by atoms with Crippen LogP contribution in [0.25, 0.3) is 0 Å². The van der Waals surface area contributed by atoms with Crippen molar-refractivity contribution in [3.05, 3.63) is 29.8 Å². The van der Waals surface area contributed by atoms with E-state index in [0.717, 1.165) is 28.2 Å². The number of sulfonamides is 1. The molecule has 0 aromatic heterocycles. The topological polar surface area (TPSA) is 78.0 Å². The van der Waals surface area contributed by atoms with Gasteiger partial charge in [0.1, 0.15) is 23.1 Å². The first-order valence-corrected chi connectivity index (χ1v) is 10.4. The molecular formula is C15H17F2N3O4S2. The molecule has 7 nitrogen and oxygen atoms in total. The van der Waals surface area contributed by atoms with Gasteiger partial charge in [-0.1, -0.05) is 11.8 Å². The molecule has 142 valence electrons. The standard InChI is InChI=1S/C15H17F2N3O4S2/c16-11-1-2-13(12(17)9-11)26(23,24)20-5-3-18(4-6-20)14(21)10-19-7-8-25-15(19)22/h1-2,9H,3-8,10H2. The number of rotatable bonds is 4. The molecule has 11 heteroatoms. The average Bonchev–Trinajstić information content (AvgIpc) is 2.99. The molecule has 0 unspecified atom stereocenters. The Bertz CT molecular complexity index is 826. The highest BCUT2D eigenvalue weighted by molar-refractivity contribution is 8.13. The second-order valence-corrected chi connectivity index (χ2v) is 8.85. The van der Waals surface area contributed by atoms with Crippen molar-refractivity contribution < 1.29 is 26.8 Å². The van der Waals surface area contributed by atoms with Crippen molar-refractivity contribution in [2.24, 2.45) is 0 Å². The van der Waals surface area contributed by atoms with Crippen molar-refractivity contribution in [2.45, 2.75) is 4.90 Å². The van der Waals surface area contributed by atoms with Crippen LogP contribution in [0, 0.1) is 11.6 Å². The number of halogens is 2. The van der Waals surface area contributed by atoms with Crippen molar-refractivity contribution in [3.63, 3.8) is 0 Å². The van der Waals surface area contributed by atoms with E-state index in [9.17, 15) is 26.8 Å². The van der Waals surface area contributed by atoms with Crippen LogP contribution in [0.15, 0.2) is 23.1 Å². The normalized spacial score (nSPS) is 19.2. The van der Waals surface area contributed by atoms with Gasteiger partial charge < -0.3 is 9.80 Å². The van der Waals surface area contributed by atoms with E-state index >= 15 is 0 Å². The summed E-state index contributed by atoms with van der Waals surface area (Å²) in [5, 5.41) is -0.133. The van der Waals surface area contributed by atoms with Crippen LogP contribution in [0.4, 0.5) is 13.6 Å². The molecule has 2 saturated heterocycles. The maximum atomic E-state index is 13.8. The molecule has 3 rings (SSSR count). The Balaban J connectivity index is 1.62. The Morgan fingerprint density at radius 2 is 1.81 bits per heavy atom. The van der Waals surface area contributed by atoms with Crippen LogP contribution in [0.3, 0.4) is 0 Å². The maximum Gasteiger partial charge on any atom is 0.282 e. The van der Waals surface area contributed by atoms with Crippen molar-refractivity contribution in [3.8, 4) is 0 Å². The molecule has 2 heterocycles. The second-order valence-electron chi connectivity index (χ2n) is 5.90. The summed E-state index contributed by atoms with van der Waals surface area (Å²) < 4.78 is 52.9. The predicted octanol–water partition coefficient (Wildman–Crippen LogP) is 0.966. The van der Waals surface area contributed by atoms with E-state index in [-0.39, 0.29) is 43.9 Å². The molecule has 2 fully saturated rings. The van der Waals surface area contributed by atoms with Crippen molar-refractivity contribution in [1.29, 1.82) is 0 Å². The average molecular weight is 405 g/mol. The Hall–Kier alpha value is -1.72. The van der Waals surface area contributed by atoms with Gasteiger partial charge in [0, 0.05) is 44.5 Å². The van der Waals surface area contributed by atoms with Gasteiger partial charge in [0.15, 0.2) is 0 Å². The lowest BCUT2D eigenvalue weighted by atomic mass is 10.3. The van der Waals surface area contributed by atoms with Crippen LogP contribution in [-0.4, -0.2) is 78.7 Å². The van der Waals surface area contributed by atoms with Crippen LogP contribution in [0.1, 0.15) is 0 Å². The minimum Gasteiger partial charge on any atom is -0.339 e. The van der Waals surface area contributed by atoms with Crippen LogP contribution in [0.5, 0.6) is 0 Å². The van der Waals surface area contributed by atoms with Crippen LogP contribution in [0.2, 0.25) is 0 Å². The molecule has 2 aliphatic heterocycles. The van der Waals surface area contributed by atoms with Gasteiger partial charge in [-0.25, -0.2) is 17.2 Å². The summed E-state index contributed by atoms with van der Waals surface area (Å²) in [7, 11) is -4.10. The number of carbonyl (C=O) groups excluding carboxylic acids is 2. The molecule has 1 aromatic carbocycles. The van der Waals surface area contributed by atoms with Crippen molar-refractivity contribution >= 4 is 32.9 Å². The van der Waals surface area contributed by atoms with E-state index in [1.165, 1.54) is 9.80 Å². The summed E-state index contributed by atoms with van der Waals surface area (Å²) in [6, 6.07) is 2.31. The van der Waals surface area contributed by atoms with E-state index in [0.29, 0.717) is 18.4 Å². The van der Waals surface area contributed by atoms with Gasteiger partial charge in [0.2, 0.25) is 15.9 Å². The summed E-state index contributed by atoms with van der Waals surface area (Å²) in [6.45, 7) is 0.811. The van der Waals surface area contributed by atoms with Gasteiger partial charge in [0.05, 0.1) is 0 Å². The lowest BCUT2D eigenvalue weighted by molar-refractivity contribution is -0.132. The van der Waals surface area contributed by atoms with E-state index in [1.54, 1.807) is 0 Å². The molecule has 0 aliphatic carbocycles. The van der Waals surface area contributed by atoms with E-state index in [1.807, 2.05) is 0 Å². The monoisotopic (exact) mass is 405 g/mol. The highest BCUT2D eigenvalue weighted by Crippen LogP contribution is 2.22. The number of hydrogen-bond donors (Lipinski definition) is 0. The fraction of sp³-hybridized carbons (Fsp3) is 0.467. The van der Waals surface area contributed by atoms with Crippen LogP contribution in [-0.2, 0) is 14.8 Å². The molecule has 0 saturated carbocycles. The van der Waals surface area contributed by atoms with Gasteiger partial charge in [-0.2, -0.15) is 4.31 Å². The summed E-state index contributed by atoms with van der Waals surface area (Å²) in [5.41, 5.74) is 0. The third-order valence-electron chi connectivity index (χ3n) is 4.27. The van der Waals surface area contributed by atoms with Crippen molar-refractivity contribution in [2.75, 3.05) is 45.0 Å². The molecule has 0 atom stereocenters. The molecule has 2 aliphatic rings. The molecule has 1 aromatic rings. The molecule has 0 radical (unpaired) electrons. The van der Waals surface area contributed by atoms with Gasteiger partial charge in [-0.05, 0) is 12.1 Å². The first kappa shape index (κ1) is 19.1. The predicted molar refractivity (Wildman–Crippen MR) is 91.1 cm³/mol. The summed E-state index contributed by atoms with van der Waals surface area (Å²) >= 11 is 1.16. The highest BCUT2D eigenvalue weighted by atomic mass is 32.2. The number of hydrogen-bond acceptors (Lipinski definition) is 5. The molecule has 2 amide bonds. The fourth-order valence-corrected chi connectivity index (χ4v) is 5.13. The van der Waals surface area contributed by atoms with Gasteiger partial charge in [-0.3, -0.25) is 9.59 Å². The smallest absolute Gasteiger partial charge is 0.282 e. The van der Waals surface area contributed by atoms with Gasteiger partial charge in [-0.15, -0.1) is 0 Å². The summed E-state index contributed by atoms with van der Waals surface area (Å²) in [4.78, 5) is 26.2. The number of nitrogens with zero attached hydrogens (tertiary/aromatic N) is 3. The highest BCUT2D eigenvalue weighted by Gasteiger charge is 2.33. The molecule has 0 N–H and O–H groups in total. The number of thioether (sulfide) groups is 1. The SMILES string of the molecule is O=C(CN1CCSC1=O)N1CCN(S(=O)(=O)c2ccc(F)cc2F)CC1. The first-order chi connectivity index (χ1) is 12.3. The van der Waals surface area contributed by atoms with E-state index in [4.69, 9.17) is 0 Å². The molecule has 0 spiro atoms. The lowest BCUT2D eigenvalue weighted by Crippen LogP contribution is -2.52. The second kappa shape index (κ2) is 7.49. The zero-order valence-corrected chi connectivity index (χ0v) is 15.4. The Morgan fingerprint density at radius 3 is 2.38 bits per heavy atom. The maximum absolute atomic E-state index is 13.8. The van der Waals surface area contributed by atoms with Crippen LogP contribution < -0.4 is 0 Å². The fourth-order valence-electron chi connectivity index (χ4n) is 2.83. The zero-order chi connectivity index (χ0) is 18.9. The molecule has 0 bridgehead atoms. The van der Waals surface area contributed by atoms with E-state index < -0.39 is 26.6 Å². The third kappa shape index (κ3) is 3.84. The molecule has 26 heavy (non-hydrogen) atoms. The minimum atomic E-state index is -4.10. The largest absolute Gasteiger partial charge is 0.339 e. The lowest BCUT2D eigenvalue weighted by Gasteiger charge is -2.34. The quantitative estimate of drug-likeness (QED) is 0.746. The van der Waals surface area contributed by atoms with Crippen LogP contribution >= 0.6 is 11.8 Å². The minimum absolute atomic E-state index is 0.00753. The molecular weight excluding hydrogens is 388 g/mol. The Labute approximate surface area is 154 Å². The van der Waals surface area contributed by atoms with E-state index in [2.05, 4.69) is 0 Å². The Kier molecular flexibility index (Phi) is 5.49.